The molecule has 0 fully saturated rings. The van der Waals surface area contributed by atoms with Crippen molar-refractivity contribution >= 4 is 20.6 Å². The van der Waals surface area contributed by atoms with Crippen LogP contribution in [0.2, 0.25) is 15.6 Å². The van der Waals surface area contributed by atoms with Gasteiger partial charge in [0.1, 0.15) is 0 Å². The van der Waals surface area contributed by atoms with Gasteiger partial charge in [-0.05, 0) is 0 Å². The fraction of sp³-hybridized carbons (Fsp3) is 0.947. The topological polar surface area (TPSA) is 26.3 Å². The summed E-state index contributed by atoms with van der Waals surface area (Å²) in [5.74, 6) is 0.0147. The van der Waals surface area contributed by atoms with Gasteiger partial charge in [0.05, 0.1) is 0 Å². The molecular weight excluding hydrogens is 335 g/mol. The quantitative estimate of drug-likeness (QED) is 0.213. The van der Waals surface area contributed by atoms with Crippen LogP contribution in [0.1, 0.15) is 91.9 Å². The van der Waals surface area contributed by atoms with Crippen LogP contribution in [-0.4, -0.2) is 26.7 Å². The van der Waals surface area contributed by atoms with Gasteiger partial charge in [0.25, 0.3) is 0 Å². The molecule has 0 N–H and O–H groups in total. The van der Waals surface area contributed by atoms with Crippen molar-refractivity contribution in [1.82, 2.24) is 0 Å². The molecule has 0 spiro atoms. The SMILES string of the molecule is CCCCCCCCCCCC(C)OC(=O)C(C)(C)[As](C)C. The summed E-state index contributed by atoms with van der Waals surface area (Å²) in [6.07, 6.45) is 13.1. The Morgan fingerprint density at radius 3 is 1.86 bits per heavy atom. The van der Waals surface area contributed by atoms with Crippen molar-refractivity contribution in [2.75, 3.05) is 0 Å². The molecular formula is C19H39AsO2. The summed E-state index contributed by atoms with van der Waals surface area (Å²) in [4.78, 5) is 12.2. The van der Waals surface area contributed by atoms with E-state index in [1.165, 1.54) is 57.8 Å². The van der Waals surface area contributed by atoms with Crippen molar-refractivity contribution < 1.29 is 9.53 Å². The van der Waals surface area contributed by atoms with Gasteiger partial charge in [-0.2, -0.15) is 0 Å². The molecule has 0 bridgehead atoms. The summed E-state index contributed by atoms with van der Waals surface area (Å²) in [6, 6.07) is 0. The zero-order valence-electron chi connectivity index (χ0n) is 15.9. The summed E-state index contributed by atoms with van der Waals surface area (Å²) in [7, 11) is 0. The molecule has 132 valence electrons. The Balaban J connectivity index is 3.62. The molecule has 0 aromatic carbocycles. The molecule has 0 saturated heterocycles. The molecule has 0 radical (unpaired) electrons. The van der Waals surface area contributed by atoms with Crippen molar-refractivity contribution in [3.05, 3.63) is 0 Å². The number of hydrogen-bond acceptors (Lipinski definition) is 2. The van der Waals surface area contributed by atoms with Gasteiger partial charge in [0.15, 0.2) is 0 Å². The Morgan fingerprint density at radius 2 is 1.41 bits per heavy atom. The molecule has 0 aliphatic heterocycles. The fourth-order valence-electron chi connectivity index (χ4n) is 2.31. The maximum absolute atomic E-state index is 12.2. The predicted molar refractivity (Wildman–Crippen MR) is 98.9 cm³/mol. The Labute approximate surface area is 144 Å². The van der Waals surface area contributed by atoms with Gasteiger partial charge in [-0.25, -0.2) is 0 Å². The van der Waals surface area contributed by atoms with E-state index in [4.69, 9.17) is 4.74 Å². The van der Waals surface area contributed by atoms with E-state index in [0.29, 0.717) is 0 Å². The normalized spacial score (nSPS) is 13.4. The van der Waals surface area contributed by atoms with E-state index in [9.17, 15) is 4.79 Å². The van der Waals surface area contributed by atoms with Crippen LogP contribution in [0.15, 0.2) is 0 Å². The molecule has 0 amide bonds. The molecule has 3 heteroatoms. The average Bonchev–Trinajstić information content (AvgIpc) is 2.45. The van der Waals surface area contributed by atoms with Crippen LogP contribution in [0.25, 0.3) is 0 Å². The second-order valence-electron chi connectivity index (χ2n) is 7.29. The number of carbonyl (C=O) groups is 1. The molecule has 0 aliphatic carbocycles. The number of hydrogen-bond donors (Lipinski definition) is 0. The minimum absolute atomic E-state index is 0.0147. The zero-order valence-corrected chi connectivity index (χ0v) is 17.8. The molecule has 0 aliphatic rings. The second kappa shape index (κ2) is 12.5. The summed E-state index contributed by atoms with van der Waals surface area (Å²) in [5.41, 5.74) is 4.44. The Bertz CT molecular complexity index is 287. The van der Waals surface area contributed by atoms with Crippen molar-refractivity contribution in [2.45, 2.75) is 114 Å². The molecule has 1 atom stereocenters. The van der Waals surface area contributed by atoms with Gasteiger partial charge in [-0.15, -0.1) is 0 Å². The van der Waals surface area contributed by atoms with E-state index in [2.05, 4.69) is 18.3 Å². The summed E-state index contributed by atoms with van der Waals surface area (Å²) in [5, 5.41) is 0. The molecule has 22 heavy (non-hydrogen) atoms. The first-order chi connectivity index (χ1) is 10.3. The molecule has 0 heterocycles. The van der Waals surface area contributed by atoms with E-state index in [0.717, 1.165) is 6.42 Å². The third-order valence-electron chi connectivity index (χ3n) is 4.64. The first-order valence-corrected chi connectivity index (χ1v) is 13.9. The van der Waals surface area contributed by atoms with Crippen LogP contribution in [0.4, 0.5) is 0 Å². The Morgan fingerprint density at radius 1 is 0.955 bits per heavy atom. The maximum atomic E-state index is 12.2. The zero-order chi connectivity index (χ0) is 17.0. The molecule has 1 unspecified atom stereocenters. The number of ether oxygens (including phenoxy) is 1. The summed E-state index contributed by atoms with van der Waals surface area (Å²) >= 11 is -1.09. The Kier molecular flexibility index (Phi) is 12.5. The van der Waals surface area contributed by atoms with E-state index < -0.39 is 14.7 Å². The van der Waals surface area contributed by atoms with Crippen LogP contribution < -0.4 is 0 Å². The standard InChI is InChI=1S/C19H39AsO2/c1-7-8-9-10-11-12-13-14-15-16-17(2)22-18(21)19(3,4)20(5)6/h17H,7-16H2,1-6H3. The van der Waals surface area contributed by atoms with Crippen molar-refractivity contribution in [3.8, 4) is 0 Å². The van der Waals surface area contributed by atoms with Crippen molar-refractivity contribution in [3.63, 3.8) is 0 Å². The van der Waals surface area contributed by atoms with E-state index >= 15 is 0 Å². The first kappa shape index (κ1) is 22.0. The van der Waals surface area contributed by atoms with E-state index in [-0.39, 0.29) is 16.3 Å². The van der Waals surface area contributed by atoms with Gasteiger partial charge in [-0.3, -0.25) is 0 Å². The van der Waals surface area contributed by atoms with E-state index in [1.54, 1.807) is 0 Å². The van der Waals surface area contributed by atoms with Crippen LogP contribution in [0.5, 0.6) is 0 Å². The van der Waals surface area contributed by atoms with Crippen LogP contribution in [0, 0.1) is 0 Å². The minimum atomic E-state index is -1.09. The average molecular weight is 374 g/mol. The van der Waals surface area contributed by atoms with Gasteiger partial charge >= 0.3 is 124 Å². The molecule has 0 rings (SSSR count). The summed E-state index contributed by atoms with van der Waals surface area (Å²) < 4.78 is 5.41. The second-order valence-corrected chi connectivity index (χ2v) is 13.4. The predicted octanol–water partition coefficient (Wildman–Crippen LogP) is 6.37. The third kappa shape index (κ3) is 9.93. The van der Waals surface area contributed by atoms with Crippen LogP contribution in [0.3, 0.4) is 0 Å². The van der Waals surface area contributed by atoms with Crippen molar-refractivity contribution in [2.24, 2.45) is 0 Å². The van der Waals surface area contributed by atoms with Gasteiger partial charge in [0, 0.05) is 0 Å². The first-order valence-electron chi connectivity index (χ1n) is 9.20. The third-order valence-corrected chi connectivity index (χ3v) is 9.71. The molecule has 0 aromatic heterocycles. The number of carbonyl (C=O) groups excluding carboxylic acids is 1. The summed E-state index contributed by atoms with van der Waals surface area (Å²) in [6.45, 7) is 8.39. The number of esters is 1. The van der Waals surface area contributed by atoms with Crippen LogP contribution >= 0.6 is 0 Å². The van der Waals surface area contributed by atoms with Gasteiger partial charge in [-0.1, -0.05) is 19.8 Å². The molecule has 2 nitrogen and oxygen atoms in total. The van der Waals surface area contributed by atoms with Gasteiger partial charge < -0.3 is 0 Å². The Hall–Kier alpha value is 0.0284. The van der Waals surface area contributed by atoms with Crippen molar-refractivity contribution in [1.29, 1.82) is 0 Å². The molecule has 0 aromatic rings. The van der Waals surface area contributed by atoms with Gasteiger partial charge in [0.2, 0.25) is 0 Å². The monoisotopic (exact) mass is 374 g/mol. The van der Waals surface area contributed by atoms with Crippen LogP contribution in [-0.2, 0) is 9.53 Å². The van der Waals surface area contributed by atoms with E-state index in [1.807, 2.05) is 20.8 Å². The molecule has 0 saturated carbocycles. The number of unbranched alkanes of at least 4 members (excludes halogenated alkanes) is 8. The number of rotatable bonds is 13. The fourth-order valence-corrected chi connectivity index (χ4v) is 3.19.